The highest BCUT2D eigenvalue weighted by Crippen LogP contribution is 2.39. The summed E-state index contributed by atoms with van der Waals surface area (Å²) in [6.45, 7) is 1.42. The van der Waals surface area contributed by atoms with Crippen LogP contribution < -0.4 is 24.8 Å². The highest BCUT2D eigenvalue weighted by atomic mass is 16.5. The number of hydrogen-bond acceptors (Lipinski definition) is 5. The van der Waals surface area contributed by atoms with Gasteiger partial charge in [0.05, 0.1) is 21.3 Å². The molecule has 7 heteroatoms. The quantitative estimate of drug-likeness (QED) is 0.841. The maximum absolute atomic E-state index is 12.5. The van der Waals surface area contributed by atoms with E-state index >= 15 is 0 Å². The first-order chi connectivity index (χ1) is 12.0. The molecule has 0 radical (unpaired) electrons. The van der Waals surface area contributed by atoms with Crippen molar-refractivity contribution in [2.75, 3.05) is 32.0 Å². The maximum Gasteiger partial charge on any atom is 0.255 e. The van der Waals surface area contributed by atoms with Gasteiger partial charge in [-0.1, -0.05) is 0 Å². The number of carbonyl (C=O) groups excluding carboxylic acids is 2. The van der Waals surface area contributed by atoms with Crippen LogP contribution in [0.4, 0.5) is 11.4 Å². The van der Waals surface area contributed by atoms with Gasteiger partial charge >= 0.3 is 0 Å². The normalized spacial score (nSPS) is 9.92. The third-order valence-electron chi connectivity index (χ3n) is 3.42. The summed E-state index contributed by atoms with van der Waals surface area (Å²) in [5.41, 5.74) is 1.44. The van der Waals surface area contributed by atoms with Crippen LogP contribution in [0.25, 0.3) is 0 Å². The van der Waals surface area contributed by atoms with Crippen LogP contribution in [0.2, 0.25) is 0 Å². The molecule has 0 heterocycles. The highest BCUT2D eigenvalue weighted by molar-refractivity contribution is 6.06. The van der Waals surface area contributed by atoms with E-state index in [0.717, 1.165) is 0 Å². The lowest BCUT2D eigenvalue weighted by Gasteiger charge is -2.16. The summed E-state index contributed by atoms with van der Waals surface area (Å²) in [4.78, 5) is 23.5. The van der Waals surface area contributed by atoms with Gasteiger partial charge in [0, 0.05) is 30.3 Å². The minimum atomic E-state index is -0.337. The van der Waals surface area contributed by atoms with Gasteiger partial charge in [-0.15, -0.1) is 0 Å². The Hall–Kier alpha value is -3.22. The van der Waals surface area contributed by atoms with Crippen LogP contribution in [0.3, 0.4) is 0 Å². The van der Waals surface area contributed by atoms with Gasteiger partial charge in [0.25, 0.3) is 5.91 Å². The number of ether oxygens (including phenoxy) is 3. The van der Waals surface area contributed by atoms with E-state index in [9.17, 15) is 9.59 Å². The van der Waals surface area contributed by atoms with Gasteiger partial charge in [0.15, 0.2) is 0 Å². The summed E-state index contributed by atoms with van der Waals surface area (Å²) >= 11 is 0. The summed E-state index contributed by atoms with van der Waals surface area (Å²) in [5.74, 6) is 0.867. The zero-order chi connectivity index (χ0) is 18.4. The van der Waals surface area contributed by atoms with Crippen molar-refractivity contribution in [3.05, 3.63) is 42.0 Å². The van der Waals surface area contributed by atoms with Crippen molar-refractivity contribution in [3.8, 4) is 17.2 Å². The van der Waals surface area contributed by atoms with Gasteiger partial charge in [0.2, 0.25) is 5.91 Å². The molecule has 2 aromatic carbocycles. The molecule has 7 nitrogen and oxygen atoms in total. The molecule has 0 fully saturated rings. The van der Waals surface area contributed by atoms with Crippen LogP contribution in [0.1, 0.15) is 17.3 Å². The molecule has 2 aromatic rings. The second-order valence-electron chi connectivity index (χ2n) is 5.12. The van der Waals surface area contributed by atoms with Crippen LogP contribution in [-0.4, -0.2) is 33.1 Å². The smallest absolute Gasteiger partial charge is 0.255 e. The van der Waals surface area contributed by atoms with E-state index in [4.69, 9.17) is 14.2 Å². The molecule has 0 bridgehead atoms. The van der Waals surface area contributed by atoms with Crippen molar-refractivity contribution < 1.29 is 23.8 Å². The van der Waals surface area contributed by atoms with E-state index in [-0.39, 0.29) is 11.8 Å². The summed E-state index contributed by atoms with van der Waals surface area (Å²) in [6.07, 6.45) is 0. The Labute approximate surface area is 145 Å². The van der Waals surface area contributed by atoms with E-state index in [0.29, 0.717) is 34.2 Å². The molecular formula is C18H20N2O5. The summed E-state index contributed by atoms with van der Waals surface area (Å²) in [7, 11) is 4.52. The Balaban J connectivity index is 2.26. The molecule has 0 aliphatic heterocycles. The molecule has 0 saturated carbocycles. The fourth-order valence-corrected chi connectivity index (χ4v) is 2.22. The Morgan fingerprint density at radius 1 is 0.840 bits per heavy atom. The number of anilines is 2. The lowest BCUT2D eigenvalue weighted by atomic mass is 10.1. The van der Waals surface area contributed by atoms with Crippen molar-refractivity contribution in [3.63, 3.8) is 0 Å². The molecule has 132 valence electrons. The van der Waals surface area contributed by atoms with Gasteiger partial charge in [0.1, 0.15) is 22.9 Å². The lowest BCUT2D eigenvalue weighted by molar-refractivity contribution is -0.114. The standard InChI is InChI=1S/C18H20N2O5/c1-11(21)19-13-7-5-12(6-8-13)18(22)20-17-15(24-3)9-14(23-2)10-16(17)25-4/h5-10H,1-4H3,(H,19,21)(H,20,22). The van der Waals surface area contributed by atoms with Gasteiger partial charge < -0.3 is 24.8 Å². The van der Waals surface area contributed by atoms with Gasteiger partial charge in [-0.05, 0) is 24.3 Å². The second kappa shape index (κ2) is 8.05. The van der Waals surface area contributed by atoms with E-state index < -0.39 is 0 Å². The fourth-order valence-electron chi connectivity index (χ4n) is 2.22. The molecule has 0 unspecified atom stereocenters. The number of carbonyl (C=O) groups is 2. The number of methoxy groups -OCH3 is 3. The van der Waals surface area contributed by atoms with Crippen molar-refractivity contribution >= 4 is 23.2 Å². The predicted octanol–water partition coefficient (Wildman–Crippen LogP) is 2.92. The number of hydrogen-bond donors (Lipinski definition) is 2. The Bertz CT molecular complexity index is 747. The molecule has 2 amide bonds. The fraction of sp³-hybridized carbons (Fsp3) is 0.222. The first kappa shape index (κ1) is 18.1. The Morgan fingerprint density at radius 3 is 1.84 bits per heavy atom. The molecule has 0 aliphatic carbocycles. The minimum absolute atomic E-state index is 0.176. The molecule has 0 spiro atoms. The number of benzene rings is 2. The summed E-state index contributed by atoms with van der Waals surface area (Å²) in [6, 6.07) is 9.83. The average molecular weight is 344 g/mol. The molecule has 2 rings (SSSR count). The predicted molar refractivity (Wildman–Crippen MR) is 94.8 cm³/mol. The van der Waals surface area contributed by atoms with Gasteiger partial charge in [-0.3, -0.25) is 9.59 Å². The average Bonchev–Trinajstić information content (AvgIpc) is 2.61. The molecule has 0 atom stereocenters. The Morgan fingerprint density at radius 2 is 1.40 bits per heavy atom. The first-order valence-corrected chi connectivity index (χ1v) is 7.47. The number of rotatable bonds is 6. The third kappa shape index (κ3) is 4.41. The van der Waals surface area contributed by atoms with Crippen molar-refractivity contribution in [1.82, 2.24) is 0 Å². The molecule has 0 saturated heterocycles. The van der Waals surface area contributed by atoms with Crippen LogP contribution in [0.5, 0.6) is 17.2 Å². The van der Waals surface area contributed by atoms with Crippen molar-refractivity contribution in [2.24, 2.45) is 0 Å². The minimum Gasteiger partial charge on any atom is -0.496 e. The van der Waals surface area contributed by atoms with Gasteiger partial charge in [-0.2, -0.15) is 0 Å². The molecule has 2 N–H and O–H groups in total. The third-order valence-corrected chi connectivity index (χ3v) is 3.42. The van der Waals surface area contributed by atoms with E-state index in [1.807, 2.05) is 0 Å². The van der Waals surface area contributed by atoms with E-state index in [1.54, 1.807) is 36.4 Å². The monoisotopic (exact) mass is 344 g/mol. The molecule has 25 heavy (non-hydrogen) atoms. The molecule has 0 aliphatic rings. The Kier molecular flexibility index (Phi) is 5.84. The van der Waals surface area contributed by atoms with Crippen LogP contribution in [-0.2, 0) is 4.79 Å². The number of nitrogens with one attached hydrogen (secondary N) is 2. The van der Waals surface area contributed by atoms with E-state index in [2.05, 4.69) is 10.6 Å². The zero-order valence-electron chi connectivity index (χ0n) is 14.5. The van der Waals surface area contributed by atoms with Crippen LogP contribution in [0.15, 0.2) is 36.4 Å². The van der Waals surface area contributed by atoms with Gasteiger partial charge in [-0.25, -0.2) is 0 Å². The summed E-state index contributed by atoms with van der Waals surface area (Å²) in [5, 5.41) is 5.42. The SMILES string of the molecule is COc1cc(OC)c(NC(=O)c2ccc(NC(C)=O)cc2)c(OC)c1. The van der Waals surface area contributed by atoms with Crippen molar-refractivity contribution in [2.45, 2.75) is 6.92 Å². The largest absolute Gasteiger partial charge is 0.496 e. The topological polar surface area (TPSA) is 85.9 Å². The lowest BCUT2D eigenvalue weighted by Crippen LogP contribution is -2.14. The molecular weight excluding hydrogens is 324 g/mol. The zero-order valence-corrected chi connectivity index (χ0v) is 14.5. The molecule has 0 aromatic heterocycles. The van der Waals surface area contributed by atoms with Crippen LogP contribution in [0, 0.1) is 0 Å². The highest BCUT2D eigenvalue weighted by Gasteiger charge is 2.17. The summed E-state index contributed by atoms with van der Waals surface area (Å²) < 4.78 is 15.8. The van der Waals surface area contributed by atoms with E-state index in [1.165, 1.54) is 28.3 Å². The first-order valence-electron chi connectivity index (χ1n) is 7.47. The van der Waals surface area contributed by atoms with Crippen LogP contribution >= 0.6 is 0 Å². The number of amides is 2. The second-order valence-corrected chi connectivity index (χ2v) is 5.12. The van der Waals surface area contributed by atoms with Crippen molar-refractivity contribution in [1.29, 1.82) is 0 Å². The maximum atomic E-state index is 12.5.